The van der Waals surface area contributed by atoms with Crippen LogP contribution in [0.15, 0.2) is 24.3 Å². The number of aliphatic hydroxyl groups is 4. The van der Waals surface area contributed by atoms with Gasteiger partial charge in [0.15, 0.2) is 0 Å². The fourth-order valence-electron chi connectivity index (χ4n) is 1.83. The van der Waals surface area contributed by atoms with E-state index in [4.69, 9.17) is 26.2 Å². The molecule has 1 aliphatic rings. The number of hydrogen-bond acceptors (Lipinski definition) is 6. The van der Waals surface area contributed by atoms with Crippen LogP contribution in [0.4, 0.5) is 0 Å². The van der Waals surface area contributed by atoms with E-state index >= 15 is 0 Å². The highest BCUT2D eigenvalue weighted by molar-refractivity contribution is 6.32. The van der Waals surface area contributed by atoms with Gasteiger partial charge in [-0.25, -0.2) is 0 Å². The first kappa shape index (κ1) is 14.5. The summed E-state index contributed by atoms with van der Waals surface area (Å²) in [7, 11) is 0. The number of rotatable bonds is 3. The van der Waals surface area contributed by atoms with Crippen molar-refractivity contribution >= 4 is 11.6 Å². The highest BCUT2D eigenvalue weighted by Crippen LogP contribution is 2.28. The number of hydrogen-bond donors (Lipinski definition) is 4. The highest BCUT2D eigenvalue weighted by Gasteiger charge is 2.44. The monoisotopic (exact) mass is 290 g/mol. The topological polar surface area (TPSA) is 99.4 Å². The largest absolute Gasteiger partial charge is 0.460 e. The van der Waals surface area contributed by atoms with Gasteiger partial charge in [-0.3, -0.25) is 0 Å². The lowest BCUT2D eigenvalue weighted by Gasteiger charge is -2.39. The van der Waals surface area contributed by atoms with E-state index in [1.165, 1.54) is 0 Å². The molecule has 0 amide bonds. The molecule has 2 rings (SSSR count). The van der Waals surface area contributed by atoms with E-state index in [0.717, 1.165) is 0 Å². The van der Waals surface area contributed by atoms with E-state index in [-0.39, 0.29) is 5.75 Å². The first-order chi connectivity index (χ1) is 9.04. The third-order valence-corrected chi connectivity index (χ3v) is 3.24. The number of benzene rings is 1. The number of aliphatic hydroxyl groups excluding tert-OH is 4. The molecule has 3 unspecified atom stereocenters. The summed E-state index contributed by atoms with van der Waals surface area (Å²) in [4.78, 5) is 0. The lowest BCUT2D eigenvalue weighted by Crippen LogP contribution is -2.60. The van der Waals surface area contributed by atoms with Crippen LogP contribution in [0.25, 0.3) is 0 Å². The lowest BCUT2D eigenvalue weighted by molar-refractivity contribution is -0.277. The van der Waals surface area contributed by atoms with Gasteiger partial charge in [0.05, 0.1) is 11.6 Å². The number of halogens is 1. The SMILES string of the molecule is OCC1O[C@@H](Oc2ccccc2Cl)C(O)C(O)[C@@H]1O. The van der Waals surface area contributed by atoms with Crippen molar-refractivity contribution in [2.45, 2.75) is 30.7 Å². The normalized spacial score (nSPS) is 35.1. The van der Waals surface area contributed by atoms with Crippen molar-refractivity contribution < 1.29 is 29.9 Å². The smallest absolute Gasteiger partial charge is 0.229 e. The molecule has 19 heavy (non-hydrogen) atoms. The average Bonchev–Trinajstić information content (AvgIpc) is 2.41. The molecule has 4 N–H and O–H groups in total. The molecule has 0 spiro atoms. The van der Waals surface area contributed by atoms with Gasteiger partial charge in [-0.15, -0.1) is 0 Å². The molecule has 0 radical (unpaired) electrons. The zero-order valence-corrected chi connectivity index (χ0v) is 10.6. The van der Waals surface area contributed by atoms with E-state index in [9.17, 15) is 15.3 Å². The van der Waals surface area contributed by atoms with E-state index in [2.05, 4.69) is 0 Å². The maximum Gasteiger partial charge on any atom is 0.229 e. The highest BCUT2D eigenvalue weighted by atomic mass is 35.5. The van der Waals surface area contributed by atoms with Crippen LogP contribution in [0, 0.1) is 0 Å². The Bertz CT molecular complexity index is 426. The second-order valence-corrected chi connectivity index (χ2v) is 4.65. The molecule has 6 nitrogen and oxygen atoms in total. The van der Waals surface area contributed by atoms with Crippen LogP contribution in [-0.4, -0.2) is 57.7 Å². The predicted molar refractivity (Wildman–Crippen MR) is 65.8 cm³/mol. The zero-order chi connectivity index (χ0) is 14.0. The van der Waals surface area contributed by atoms with Crippen molar-refractivity contribution in [1.29, 1.82) is 0 Å². The summed E-state index contributed by atoms with van der Waals surface area (Å²) in [6, 6.07) is 6.57. The van der Waals surface area contributed by atoms with Crippen molar-refractivity contribution in [2.24, 2.45) is 0 Å². The third kappa shape index (κ3) is 3.00. The Balaban J connectivity index is 2.13. The Labute approximate surface area is 114 Å². The summed E-state index contributed by atoms with van der Waals surface area (Å²) in [5, 5.41) is 38.4. The second kappa shape index (κ2) is 6.04. The van der Waals surface area contributed by atoms with Crippen LogP contribution in [0.3, 0.4) is 0 Å². The summed E-state index contributed by atoms with van der Waals surface area (Å²) in [5.41, 5.74) is 0. The second-order valence-electron chi connectivity index (χ2n) is 4.25. The molecule has 1 aromatic rings. The zero-order valence-electron chi connectivity index (χ0n) is 9.89. The van der Waals surface area contributed by atoms with E-state index in [0.29, 0.717) is 5.02 Å². The first-order valence-corrected chi connectivity index (χ1v) is 6.14. The molecule has 7 heteroatoms. The molecule has 1 fully saturated rings. The molecule has 0 aliphatic carbocycles. The van der Waals surface area contributed by atoms with Crippen molar-refractivity contribution in [3.05, 3.63) is 29.3 Å². The van der Waals surface area contributed by atoms with Crippen LogP contribution in [0.1, 0.15) is 0 Å². The van der Waals surface area contributed by atoms with Gasteiger partial charge in [-0.05, 0) is 12.1 Å². The molecule has 0 bridgehead atoms. The molecule has 1 aromatic carbocycles. The summed E-state index contributed by atoms with van der Waals surface area (Å²) in [6.45, 7) is -0.507. The van der Waals surface area contributed by atoms with Crippen LogP contribution in [0.2, 0.25) is 5.02 Å². The van der Waals surface area contributed by atoms with Gasteiger partial charge in [0.25, 0.3) is 0 Å². The average molecular weight is 291 g/mol. The molecular formula is C12H15ClO6. The predicted octanol–water partition coefficient (Wildman–Crippen LogP) is -0.481. The molecule has 1 aliphatic heterocycles. The summed E-state index contributed by atoms with van der Waals surface area (Å²) in [5.74, 6) is 0.272. The van der Waals surface area contributed by atoms with Gasteiger partial charge in [0.1, 0.15) is 30.2 Å². The van der Waals surface area contributed by atoms with Crippen molar-refractivity contribution in [1.82, 2.24) is 0 Å². The van der Waals surface area contributed by atoms with Crippen molar-refractivity contribution in [3.63, 3.8) is 0 Å². The molecule has 0 saturated carbocycles. The lowest BCUT2D eigenvalue weighted by atomic mass is 9.99. The van der Waals surface area contributed by atoms with Gasteiger partial charge in [-0.1, -0.05) is 23.7 Å². The third-order valence-electron chi connectivity index (χ3n) is 2.93. The van der Waals surface area contributed by atoms with Crippen LogP contribution < -0.4 is 4.74 Å². The maximum absolute atomic E-state index is 9.79. The minimum atomic E-state index is -1.47. The summed E-state index contributed by atoms with van der Waals surface area (Å²) in [6.07, 6.45) is -6.57. The maximum atomic E-state index is 9.79. The Kier molecular flexibility index (Phi) is 4.62. The standard InChI is InChI=1S/C12H15ClO6/c13-6-3-1-2-4-7(6)18-12-11(17)10(16)9(15)8(5-14)19-12/h1-4,8-12,14-17H,5H2/t8?,9-,10?,11?,12-/m1/s1. The van der Waals surface area contributed by atoms with E-state index < -0.39 is 37.3 Å². The fraction of sp³-hybridized carbons (Fsp3) is 0.500. The van der Waals surface area contributed by atoms with Crippen LogP contribution in [0.5, 0.6) is 5.75 Å². The van der Waals surface area contributed by atoms with Crippen molar-refractivity contribution in [3.8, 4) is 5.75 Å². The molecule has 106 valence electrons. The van der Waals surface area contributed by atoms with Crippen LogP contribution >= 0.6 is 11.6 Å². The molecule has 1 heterocycles. The quantitative estimate of drug-likeness (QED) is 0.600. The van der Waals surface area contributed by atoms with Gasteiger partial charge >= 0.3 is 0 Å². The van der Waals surface area contributed by atoms with E-state index in [1.54, 1.807) is 24.3 Å². The molecule has 5 atom stereocenters. The van der Waals surface area contributed by atoms with Gasteiger partial charge in [0.2, 0.25) is 6.29 Å². The number of ether oxygens (including phenoxy) is 2. The van der Waals surface area contributed by atoms with Gasteiger partial charge < -0.3 is 29.9 Å². The molecule has 1 saturated heterocycles. The van der Waals surface area contributed by atoms with E-state index in [1.807, 2.05) is 0 Å². The van der Waals surface area contributed by atoms with Crippen molar-refractivity contribution in [2.75, 3.05) is 6.61 Å². The Morgan fingerprint density at radius 3 is 2.42 bits per heavy atom. The minimum absolute atomic E-state index is 0.272. The fourth-order valence-corrected chi connectivity index (χ4v) is 2.01. The summed E-state index contributed by atoms with van der Waals surface area (Å²) >= 11 is 5.90. The Morgan fingerprint density at radius 2 is 1.79 bits per heavy atom. The molecule has 0 aromatic heterocycles. The van der Waals surface area contributed by atoms with Gasteiger partial charge in [-0.2, -0.15) is 0 Å². The van der Waals surface area contributed by atoms with Crippen LogP contribution in [-0.2, 0) is 4.74 Å². The minimum Gasteiger partial charge on any atom is -0.460 e. The molecular weight excluding hydrogens is 276 g/mol. The summed E-state index contributed by atoms with van der Waals surface area (Å²) < 4.78 is 10.6. The number of para-hydroxylation sites is 1. The van der Waals surface area contributed by atoms with Gasteiger partial charge in [0, 0.05) is 0 Å². The first-order valence-electron chi connectivity index (χ1n) is 5.76. The Hall–Kier alpha value is -0.890. The Morgan fingerprint density at radius 1 is 1.11 bits per heavy atom.